The number of hydrogen-bond donors (Lipinski definition) is 2. The fourth-order valence-corrected chi connectivity index (χ4v) is 2.16. The van der Waals surface area contributed by atoms with Crippen LogP contribution in [0.3, 0.4) is 0 Å². The minimum Gasteiger partial charge on any atom is -0.489 e. The molecular weight excluding hydrogens is 332 g/mol. The summed E-state index contributed by atoms with van der Waals surface area (Å²) in [6.45, 7) is 7.38. The summed E-state index contributed by atoms with van der Waals surface area (Å²) in [7, 11) is 0. The Hall–Kier alpha value is -3.28. The van der Waals surface area contributed by atoms with E-state index in [0.717, 1.165) is 5.56 Å². The van der Waals surface area contributed by atoms with Crippen LogP contribution in [0.25, 0.3) is 0 Å². The van der Waals surface area contributed by atoms with Crippen molar-refractivity contribution in [1.29, 1.82) is 0 Å². The van der Waals surface area contributed by atoms with Gasteiger partial charge in [-0.15, -0.1) is 0 Å². The highest BCUT2D eigenvalue weighted by atomic mass is 16.5. The molecule has 2 amide bonds. The summed E-state index contributed by atoms with van der Waals surface area (Å²) >= 11 is 0. The number of aryl methyl sites for hydroxylation is 1. The maximum absolute atomic E-state index is 12.3. The number of hydrogen-bond acceptors (Lipinski definition) is 4. The molecular formula is C20H22N2O4. The molecule has 0 aliphatic carbocycles. The van der Waals surface area contributed by atoms with Crippen LogP contribution in [-0.4, -0.2) is 24.5 Å². The van der Waals surface area contributed by atoms with Gasteiger partial charge in [0.2, 0.25) is 0 Å². The Balaban J connectivity index is 1.92. The van der Waals surface area contributed by atoms with Gasteiger partial charge in [-0.05, 0) is 43.7 Å². The van der Waals surface area contributed by atoms with E-state index in [9.17, 15) is 9.59 Å². The summed E-state index contributed by atoms with van der Waals surface area (Å²) in [6.07, 6.45) is 0.810. The monoisotopic (exact) mass is 354 g/mol. The maximum atomic E-state index is 12.3. The number of carbonyl (C=O) groups is 2. The highest BCUT2D eigenvalue weighted by Crippen LogP contribution is 2.17. The van der Waals surface area contributed by atoms with Crippen molar-refractivity contribution in [2.75, 3.05) is 6.61 Å². The van der Waals surface area contributed by atoms with E-state index in [2.05, 4.69) is 17.4 Å². The molecule has 2 rings (SSSR count). The lowest BCUT2D eigenvalue weighted by Gasteiger charge is -2.16. The predicted octanol–water partition coefficient (Wildman–Crippen LogP) is 2.79. The van der Waals surface area contributed by atoms with Crippen molar-refractivity contribution in [2.24, 2.45) is 0 Å². The average molecular weight is 354 g/mol. The number of rotatable bonds is 7. The van der Waals surface area contributed by atoms with Gasteiger partial charge >= 0.3 is 0 Å². The van der Waals surface area contributed by atoms with Crippen LogP contribution in [0.1, 0.15) is 22.8 Å². The quantitative estimate of drug-likeness (QED) is 0.592. The molecule has 136 valence electrons. The third-order valence-electron chi connectivity index (χ3n) is 3.46. The molecule has 0 fully saturated rings. The number of para-hydroxylation sites is 1. The molecule has 0 aromatic heterocycles. The van der Waals surface area contributed by atoms with Crippen molar-refractivity contribution in [3.63, 3.8) is 0 Å². The van der Waals surface area contributed by atoms with E-state index in [1.165, 1.54) is 0 Å². The standard InChI is InChI=1S/C20H22N2O4/c1-4-12-25-18-11-6-5-10-17(18)20(24)22-21-19(23)15(3)26-16-9-7-8-14(2)13-16/h4-11,13,15H,1,12H2,2-3H3,(H,21,23)(H,22,24). The van der Waals surface area contributed by atoms with Crippen LogP contribution in [0.4, 0.5) is 0 Å². The molecule has 6 nitrogen and oxygen atoms in total. The minimum absolute atomic E-state index is 0.276. The number of hydrazine groups is 1. The van der Waals surface area contributed by atoms with E-state index in [1.807, 2.05) is 25.1 Å². The molecule has 26 heavy (non-hydrogen) atoms. The highest BCUT2D eigenvalue weighted by Gasteiger charge is 2.17. The molecule has 0 radical (unpaired) electrons. The first-order valence-corrected chi connectivity index (χ1v) is 8.17. The molecule has 2 aromatic carbocycles. The Labute approximate surface area is 152 Å². The lowest BCUT2D eigenvalue weighted by atomic mass is 10.2. The van der Waals surface area contributed by atoms with E-state index in [4.69, 9.17) is 9.47 Å². The van der Waals surface area contributed by atoms with Gasteiger partial charge in [0.05, 0.1) is 5.56 Å². The molecule has 0 saturated carbocycles. The van der Waals surface area contributed by atoms with Gasteiger partial charge in [-0.1, -0.05) is 36.9 Å². The maximum Gasteiger partial charge on any atom is 0.279 e. The molecule has 0 aliphatic rings. The molecule has 0 heterocycles. The van der Waals surface area contributed by atoms with Crippen molar-refractivity contribution >= 4 is 11.8 Å². The van der Waals surface area contributed by atoms with Crippen LogP contribution in [0, 0.1) is 6.92 Å². The summed E-state index contributed by atoms with van der Waals surface area (Å²) in [5.41, 5.74) is 6.06. The molecule has 1 unspecified atom stereocenters. The van der Waals surface area contributed by atoms with E-state index < -0.39 is 17.9 Å². The second-order valence-corrected chi connectivity index (χ2v) is 5.62. The Kier molecular flexibility index (Phi) is 6.79. The third kappa shape index (κ3) is 5.37. The molecule has 2 aromatic rings. The summed E-state index contributed by atoms with van der Waals surface area (Å²) in [5, 5.41) is 0. The van der Waals surface area contributed by atoms with E-state index in [-0.39, 0.29) is 6.61 Å². The van der Waals surface area contributed by atoms with Crippen LogP contribution in [-0.2, 0) is 4.79 Å². The summed E-state index contributed by atoms with van der Waals surface area (Å²) in [4.78, 5) is 24.4. The summed E-state index contributed by atoms with van der Waals surface area (Å²) in [5.74, 6) is 0.0375. The van der Waals surface area contributed by atoms with Crippen molar-refractivity contribution in [2.45, 2.75) is 20.0 Å². The predicted molar refractivity (Wildman–Crippen MR) is 99.0 cm³/mol. The van der Waals surface area contributed by atoms with Crippen LogP contribution in [0.15, 0.2) is 61.2 Å². The fourth-order valence-electron chi connectivity index (χ4n) is 2.16. The zero-order chi connectivity index (χ0) is 18.9. The van der Waals surface area contributed by atoms with Gasteiger partial charge in [0.1, 0.15) is 18.1 Å². The van der Waals surface area contributed by atoms with Gasteiger partial charge in [0, 0.05) is 0 Å². The first kappa shape index (κ1) is 19.1. The first-order chi connectivity index (χ1) is 12.5. The van der Waals surface area contributed by atoms with Gasteiger partial charge < -0.3 is 9.47 Å². The number of nitrogens with one attached hydrogen (secondary N) is 2. The summed E-state index contributed by atoms with van der Waals surface area (Å²) < 4.78 is 11.0. The van der Waals surface area contributed by atoms with Crippen LogP contribution < -0.4 is 20.3 Å². The Morgan fingerprint density at radius 2 is 1.92 bits per heavy atom. The topological polar surface area (TPSA) is 76.7 Å². The molecule has 0 bridgehead atoms. The largest absolute Gasteiger partial charge is 0.489 e. The normalized spacial score (nSPS) is 11.2. The molecule has 2 N–H and O–H groups in total. The van der Waals surface area contributed by atoms with Gasteiger partial charge in [-0.3, -0.25) is 20.4 Å². The average Bonchev–Trinajstić information content (AvgIpc) is 2.64. The summed E-state index contributed by atoms with van der Waals surface area (Å²) in [6, 6.07) is 14.1. The fraction of sp³-hybridized carbons (Fsp3) is 0.200. The zero-order valence-corrected chi connectivity index (χ0v) is 14.8. The lowest BCUT2D eigenvalue weighted by molar-refractivity contribution is -0.128. The van der Waals surface area contributed by atoms with Crippen LogP contribution in [0.2, 0.25) is 0 Å². The second kappa shape index (κ2) is 9.27. The smallest absolute Gasteiger partial charge is 0.279 e. The zero-order valence-electron chi connectivity index (χ0n) is 14.8. The van der Waals surface area contributed by atoms with Crippen LogP contribution >= 0.6 is 0 Å². The van der Waals surface area contributed by atoms with Crippen molar-refractivity contribution in [1.82, 2.24) is 10.9 Å². The molecule has 0 aliphatic heterocycles. The van der Waals surface area contributed by atoms with Gasteiger partial charge in [-0.25, -0.2) is 0 Å². The molecule has 6 heteroatoms. The lowest BCUT2D eigenvalue weighted by Crippen LogP contribution is -2.47. The van der Waals surface area contributed by atoms with Gasteiger partial charge in [0.15, 0.2) is 6.10 Å². The Morgan fingerprint density at radius 1 is 1.15 bits per heavy atom. The molecule has 0 saturated heterocycles. The van der Waals surface area contributed by atoms with Gasteiger partial charge in [-0.2, -0.15) is 0 Å². The Bertz CT molecular complexity index is 789. The van der Waals surface area contributed by atoms with Gasteiger partial charge in [0.25, 0.3) is 11.8 Å². The van der Waals surface area contributed by atoms with E-state index >= 15 is 0 Å². The van der Waals surface area contributed by atoms with Crippen LogP contribution in [0.5, 0.6) is 11.5 Å². The van der Waals surface area contributed by atoms with Crippen molar-refractivity contribution in [3.8, 4) is 11.5 Å². The number of ether oxygens (including phenoxy) is 2. The second-order valence-electron chi connectivity index (χ2n) is 5.62. The van der Waals surface area contributed by atoms with E-state index in [1.54, 1.807) is 43.3 Å². The number of carbonyl (C=O) groups excluding carboxylic acids is 2. The first-order valence-electron chi connectivity index (χ1n) is 8.17. The SMILES string of the molecule is C=CCOc1ccccc1C(=O)NNC(=O)C(C)Oc1cccc(C)c1. The third-order valence-corrected chi connectivity index (χ3v) is 3.46. The Morgan fingerprint density at radius 3 is 2.65 bits per heavy atom. The number of benzene rings is 2. The van der Waals surface area contributed by atoms with E-state index in [0.29, 0.717) is 17.1 Å². The van der Waals surface area contributed by atoms with Crippen molar-refractivity contribution in [3.05, 3.63) is 72.3 Å². The molecule has 0 spiro atoms. The van der Waals surface area contributed by atoms with Crippen molar-refractivity contribution < 1.29 is 19.1 Å². The number of amides is 2. The molecule has 1 atom stereocenters. The minimum atomic E-state index is -0.774. The highest BCUT2D eigenvalue weighted by molar-refractivity contribution is 5.98.